The number of carboxylic acid groups (broad SMARTS) is 1. The molecule has 0 spiro atoms. The number of aliphatic carboxylic acids is 1. The number of hydrogen-bond acceptors (Lipinski definition) is 12. The maximum Gasteiger partial charge on any atom is 0.327 e. The third-order valence-electron chi connectivity index (χ3n) is 10.2. The lowest BCUT2D eigenvalue weighted by molar-refractivity contribution is -0.141. The van der Waals surface area contributed by atoms with Gasteiger partial charge in [-0.1, -0.05) is 48.0 Å². The van der Waals surface area contributed by atoms with E-state index in [1.807, 2.05) is 37.3 Å². The number of nitrogens with zero attached hydrogens (tertiary/aromatic N) is 1. The van der Waals surface area contributed by atoms with Crippen LogP contribution in [0, 0.1) is 12.3 Å². The second-order valence-corrected chi connectivity index (χ2v) is 16.1. The number of H-pyrrole nitrogens is 2. The number of carbonyl (C=O) groups excluding carboxylic acids is 6. The maximum absolute atomic E-state index is 14.5. The summed E-state index contributed by atoms with van der Waals surface area (Å²) in [6, 6.07) is 5.62. The van der Waals surface area contributed by atoms with Crippen LogP contribution in [0.25, 0.3) is 10.9 Å². The van der Waals surface area contributed by atoms with Gasteiger partial charge in [-0.2, -0.15) is 25.3 Å². The van der Waals surface area contributed by atoms with Crippen molar-refractivity contribution in [2.24, 2.45) is 11.5 Å². The highest BCUT2D eigenvalue weighted by Gasteiger charge is 2.34. The van der Waals surface area contributed by atoms with Crippen LogP contribution < -0.4 is 48.7 Å². The van der Waals surface area contributed by atoms with Crippen molar-refractivity contribution in [2.75, 3.05) is 18.1 Å². The Balaban J connectivity index is 1.65. The van der Waals surface area contributed by atoms with Crippen molar-refractivity contribution in [1.29, 1.82) is 5.41 Å². The molecule has 0 aliphatic rings. The van der Waals surface area contributed by atoms with Crippen molar-refractivity contribution in [3.8, 4) is 0 Å². The Labute approximate surface area is 385 Å². The Hall–Kier alpha value is -6.59. The summed E-state index contributed by atoms with van der Waals surface area (Å²) in [5.74, 6) is -6.45. The summed E-state index contributed by atoms with van der Waals surface area (Å²) in [6.07, 6.45) is 4.47. The second kappa shape index (κ2) is 25.0. The Morgan fingerprint density at radius 1 is 0.754 bits per heavy atom. The van der Waals surface area contributed by atoms with Crippen LogP contribution in [0.5, 0.6) is 0 Å². The van der Waals surface area contributed by atoms with Crippen LogP contribution in [0.3, 0.4) is 0 Å². The predicted octanol–water partition coefficient (Wildman–Crippen LogP) is -1.31. The number of imidazole rings is 1. The first kappa shape index (κ1) is 51.0. The van der Waals surface area contributed by atoms with Gasteiger partial charge in [0.05, 0.1) is 18.1 Å². The van der Waals surface area contributed by atoms with Gasteiger partial charge in [-0.25, -0.2) is 9.78 Å². The quantitative estimate of drug-likeness (QED) is 0.0160. The van der Waals surface area contributed by atoms with Gasteiger partial charge in [0.25, 0.3) is 0 Å². The highest BCUT2D eigenvalue weighted by molar-refractivity contribution is 7.80. The van der Waals surface area contributed by atoms with Crippen LogP contribution in [0.1, 0.15) is 42.1 Å². The molecule has 7 atom stereocenters. The first-order valence-electron chi connectivity index (χ1n) is 20.7. The van der Waals surface area contributed by atoms with E-state index in [1.165, 1.54) is 19.4 Å². The van der Waals surface area contributed by atoms with Crippen LogP contribution in [0.2, 0.25) is 0 Å². The fourth-order valence-corrected chi connectivity index (χ4v) is 7.09. The summed E-state index contributed by atoms with van der Waals surface area (Å²) < 4.78 is 0. The van der Waals surface area contributed by atoms with Crippen LogP contribution in [-0.4, -0.2) is 128 Å². The van der Waals surface area contributed by atoms with E-state index in [4.69, 9.17) is 16.9 Å². The van der Waals surface area contributed by atoms with Gasteiger partial charge < -0.3 is 63.8 Å². The average Bonchev–Trinajstić information content (AvgIpc) is 3.95. The number of benzene rings is 2. The predicted molar refractivity (Wildman–Crippen MR) is 249 cm³/mol. The number of carboxylic acids is 1. The number of para-hydroxylation sites is 1. The minimum atomic E-state index is -1.38. The number of fused-ring (bicyclic) bond motifs is 1. The smallest absolute Gasteiger partial charge is 0.327 e. The molecule has 23 heteroatoms. The van der Waals surface area contributed by atoms with Crippen molar-refractivity contribution in [2.45, 2.75) is 88.2 Å². The molecular weight excluding hydrogens is 879 g/mol. The molecule has 2 aromatic carbocycles. The SMILES string of the molecule is Cc1cccc(C[C@@H](NC(=O)[C@H](Cc2c[nH]cn2)NC(=O)[C@@H](C)NC(=O)[C@@H](N)CS)C(=O)N[C@@H](CCCNC(=N)N)C(=O)N[C@@H](Cc2c[nH]c3ccccc23)C(=O)N[C@@H](CS)C(=O)O)c1. The zero-order valence-electron chi connectivity index (χ0n) is 35.9. The number of carbonyl (C=O) groups is 7. The highest BCUT2D eigenvalue weighted by Crippen LogP contribution is 2.20. The van der Waals surface area contributed by atoms with Gasteiger partial charge in [0.1, 0.15) is 36.3 Å². The molecule has 0 unspecified atom stereocenters. The zero-order valence-corrected chi connectivity index (χ0v) is 37.6. The van der Waals surface area contributed by atoms with Crippen molar-refractivity contribution in [3.63, 3.8) is 0 Å². The highest BCUT2D eigenvalue weighted by atomic mass is 32.1. The number of nitrogens with two attached hydrogens (primary N) is 2. The molecule has 0 radical (unpaired) electrons. The van der Waals surface area contributed by atoms with Gasteiger partial charge in [-0.3, -0.25) is 34.2 Å². The molecule has 0 bridgehead atoms. The molecule has 0 aliphatic heterocycles. The minimum absolute atomic E-state index is 0.0249. The Morgan fingerprint density at radius 2 is 1.37 bits per heavy atom. The zero-order chi connectivity index (χ0) is 47.6. The Kier molecular flexibility index (Phi) is 19.7. The van der Waals surface area contributed by atoms with E-state index in [0.717, 1.165) is 16.5 Å². The number of aryl methyl sites for hydroxylation is 1. The number of aromatic nitrogens is 3. The first-order valence-corrected chi connectivity index (χ1v) is 21.9. The topological polar surface area (TPSA) is 344 Å². The molecule has 0 fully saturated rings. The summed E-state index contributed by atoms with van der Waals surface area (Å²) in [5.41, 5.74) is 14.5. The molecule has 4 aromatic rings. The Morgan fingerprint density at radius 3 is 1.98 bits per heavy atom. The van der Waals surface area contributed by atoms with Gasteiger partial charge in [-0.15, -0.1) is 0 Å². The van der Waals surface area contributed by atoms with Gasteiger partial charge in [0.2, 0.25) is 35.4 Å². The second-order valence-electron chi connectivity index (χ2n) is 15.4. The van der Waals surface area contributed by atoms with E-state index in [0.29, 0.717) is 16.8 Å². The van der Waals surface area contributed by atoms with Crippen LogP contribution in [0.15, 0.2) is 67.3 Å². The van der Waals surface area contributed by atoms with Crippen molar-refractivity contribution in [3.05, 3.63) is 89.6 Å². The van der Waals surface area contributed by atoms with E-state index in [-0.39, 0.29) is 56.1 Å². The van der Waals surface area contributed by atoms with Crippen LogP contribution in [-0.2, 0) is 52.8 Å². The third kappa shape index (κ3) is 15.9. The molecule has 2 aromatic heterocycles. The third-order valence-corrected chi connectivity index (χ3v) is 10.9. The normalized spacial score (nSPS) is 14.3. The number of nitrogens with one attached hydrogen (secondary N) is 10. The molecule has 0 saturated heterocycles. The standard InChI is InChI=1S/C42H57N13O8S2/c1-22-7-5-8-24(13-22)14-31(53-40(61)33(16-26-18-46-21-49-26)52-35(56)23(2)50-36(57)28(43)19-64)38(59)51-30(11-6-12-47-42(44)45)37(58)54-32(39(60)55-34(20-65)41(62)63)15-25-17-48-29-10-4-3-9-27(25)29/h3-5,7-10,13,17-18,21,23,28,30-34,48,64-65H,6,11-12,14-16,19-20,43H2,1-2H3,(H,46,49)(H,50,57)(H,51,59)(H,52,56)(H,53,61)(H,54,58)(H,55,60)(H,62,63)(H4,44,45,47)/t23-,28+,30+,31-,32+,33+,34+/m1/s1. The molecule has 6 amide bonds. The van der Waals surface area contributed by atoms with E-state index in [9.17, 15) is 38.7 Å². The molecule has 21 nitrogen and oxygen atoms in total. The number of aromatic amines is 2. The van der Waals surface area contributed by atoms with Gasteiger partial charge >= 0.3 is 5.97 Å². The number of thiol groups is 2. The van der Waals surface area contributed by atoms with E-state index in [2.05, 4.69) is 77.4 Å². The molecule has 0 saturated carbocycles. The monoisotopic (exact) mass is 935 g/mol. The fourth-order valence-electron chi connectivity index (χ4n) is 6.67. The van der Waals surface area contributed by atoms with Gasteiger partial charge in [-0.05, 0) is 43.9 Å². The van der Waals surface area contributed by atoms with Gasteiger partial charge in [0.15, 0.2) is 5.96 Å². The largest absolute Gasteiger partial charge is 0.480 e. The van der Waals surface area contributed by atoms with Crippen LogP contribution in [0.4, 0.5) is 0 Å². The molecule has 4 rings (SSSR count). The summed E-state index contributed by atoms with van der Waals surface area (Å²) in [4.78, 5) is 105. The first-order chi connectivity index (χ1) is 31.0. The molecule has 2 heterocycles. The van der Waals surface area contributed by atoms with E-state index < -0.39 is 83.7 Å². The summed E-state index contributed by atoms with van der Waals surface area (Å²) in [7, 11) is 0. The molecule has 15 N–H and O–H groups in total. The number of guanidine groups is 1. The summed E-state index contributed by atoms with van der Waals surface area (Å²) in [5, 5.41) is 36.4. The molecule has 65 heavy (non-hydrogen) atoms. The van der Waals surface area contributed by atoms with Gasteiger partial charge in [0, 0.05) is 60.6 Å². The summed E-state index contributed by atoms with van der Waals surface area (Å²) in [6.45, 7) is 3.39. The lowest BCUT2D eigenvalue weighted by Gasteiger charge is -2.27. The van der Waals surface area contributed by atoms with Crippen molar-refractivity contribution < 1.29 is 38.7 Å². The fraction of sp³-hybridized carbons (Fsp3) is 0.405. The number of hydrogen-bond donors (Lipinski definition) is 15. The van der Waals surface area contributed by atoms with Crippen molar-refractivity contribution >= 4 is 83.5 Å². The van der Waals surface area contributed by atoms with E-state index >= 15 is 0 Å². The molecular formula is C42H57N13O8S2. The van der Waals surface area contributed by atoms with E-state index in [1.54, 1.807) is 24.4 Å². The lowest BCUT2D eigenvalue weighted by atomic mass is 10.0. The number of rotatable bonds is 25. The van der Waals surface area contributed by atoms with Crippen molar-refractivity contribution in [1.82, 2.24) is 52.2 Å². The molecule has 0 aliphatic carbocycles. The number of amides is 6. The lowest BCUT2D eigenvalue weighted by Crippen LogP contribution is -2.60. The molecule has 350 valence electrons. The maximum atomic E-state index is 14.5. The Bertz CT molecular complexity index is 2290. The average molecular weight is 936 g/mol. The van der Waals surface area contributed by atoms with Crippen LogP contribution >= 0.6 is 25.3 Å². The summed E-state index contributed by atoms with van der Waals surface area (Å²) >= 11 is 8.08. The minimum Gasteiger partial charge on any atom is -0.480 e.